The molecule has 0 radical (unpaired) electrons. The smallest absolute Gasteiger partial charge is 0.243 e. The van der Waals surface area contributed by atoms with Crippen molar-refractivity contribution in [2.75, 3.05) is 20.1 Å². The molecule has 0 saturated carbocycles. The van der Waals surface area contributed by atoms with Crippen LogP contribution in [0.25, 0.3) is 10.8 Å². The van der Waals surface area contributed by atoms with E-state index in [9.17, 15) is 18.0 Å². The Hall–Kier alpha value is -2.75. The fraction of sp³-hybridized carbons (Fsp3) is 0.280. The molecule has 1 N–H and O–H groups in total. The minimum absolute atomic E-state index is 0.109. The number of sulfonamides is 1. The van der Waals surface area contributed by atoms with Crippen molar-refractivity contribution in [1.82, 2.24) is 14.5 Å². The van der Waals surface area contributed by atoms with E-state index in [2.05, 4.69) is 21.2 Å². The van der Waals surface area contributed by atoms with Crippen molar-refractivity contribution in [2.24, 2.45) is 0 Å². The number of benzene rings is 3. The van der Waals surface area contributed by atoms with Crippen molar-refractivity contribution in [3.63, 3.8) is 0 Å². The molecule has 0 aliphatic rings. The van der Waals surface area contributed by atoms with Gasteiger partial charge in [-0.1, -0.05) is 58.4 Å². The maximum Gasteiger partial charge on any atom is 0.243 e. The molecule has 2 amide bonds. The highest BCUT2D eigenvalue weighted by molar-refractivity contribution is 9.10. The Morgan fingerprint density at radius 1 is 1.00 bits per heavy atom. The van der Waals surface area contributed by atoms with E-state index >= 15 is 0 Å². The first kappa shape index (κ1) is 25.9. The number of fused-ring (bicyclic) bond motifs is 1. The van der Waals surface area contributed by atoms with Gasteiger partial charge in [-0.25, -0.2) is 8.42 Å². The van der Waals surface area contributed by atoms with E-state index in [1.54, 1.807) is 26.0 Å². The van der Waals surface area contributed by atoms with Crippen molar-refractivity contribution < 1.29 is 18.0 Å². The van der Waals surface area contributed by atoms with Gasteiger partial charge in [-0.2, -0.15) is 4.31 Å². The second-order valence-corrected chi connectivity index (χ2v) is 10.9. The van der Waals surface area contributed by atoms with E-state index in [0.29, 0.717) is 6.54 Å². The van der Waals surface area contributed by atoms with Gasteiger partial charge < -0.3 is 10.2 Å². The van der Waals surface area contributed by atoms with Crippen LogP contribution < -0.4 is 5.32 Å². The molecule has 0 bridgehead atoms. The summed E-state index contributed by atoms with van der Waals surface area (Å²) in [6.45, 7) is 3.65. The van der Waals surface area contributed by atoms with E-state index in [1.165, 1.54) is 18.0 Å². The fourth-order valence-corrected chi connectivity index (χ4v) is 4.99. The van der Waals surface area contributed by atoms with Crippen molar-refractivity contribution in [3.05, 3.63) is 76.8 Å². The number of hydrogen-bond acceptors (Lipinski definition) is 4. The van der Waals surface area contributed by atoms with Crippen LogP contribution in [0.2, 0.25) is 0 Å². The lowest BCUT2D eigenvalue weighted by Crippen LogP contribution is -2.50. The van der Waals surface area contributed by atoms with Gasteiger partial charge in [-0.15, -0.1) is 0 Å². The number of likely N-dealkylation sites (N-methyl/N-ethyl adjacent to an activating group) is 2. The second kappa shape index (κ2) is 11.1. The molecule has 34 heavy (non-hydrogen) atoms. The summed E-state index contributed by atoms with van der Waals surface area (Å²) in [5.74, 6) is -0.762. The largest absolute Gasteiger partial charge is 0.355 e. The van der Waals surface area contributed by atoms with Crippen LogP contribution in [0.3, 0.4) is 0 Å². The molecule has 7 nitrogen and oxygen atoms in total. The van der Waals surface area contributed by atoms with Gasteiger partial charge in [-0.05, 0) is 54.4 Å². The number of carbonyl (C=O) groups excluding carboxylic acids is 2. The van der Waals surface area contributed by atoms with Crippen LogP contribution in [0.1, 0.15) is 19.4 Å². The topological polar surface area (TPSA) is 86.8 Å². The molecule has 0 aliphatic carbocycles. The predicted octanol–water partition coefficient (Wildman–Crippen LogP) is 3.78. The van der Waals surface area contributed by atoms with Gasteiger partial charge in [0.2, 0.25) is 21.8 Å². The third-order valence-corrected chi connectivity index (χ3v) is 7.90. The zero-order valence-electron chi connectivity index (χ0n) is 19.4. The van der Waals surface area contributed by atoms with Crippen LogP contribution in [-0.4, -0.2) is 55.6 Å². The monoisotopic (exact) mass is 545 g/mol. The molecule has 0 aromatic heterocycles. The standard InChI is InChI=1S/C25H28BrN3O4S/c1-4-27-25(31)18(2)29(16-19-9-12-22(26)13-10-19)24(30)17-28(3)34(32,33)23-14-11-20-7-5-6-8-21(20)15-23/h5-15,18H,4,16-17H2,1-3H3,(H,27,31)/t18-/m1/s1. The molecular weight excluding hydrogens is 518 g/mol. The lowest BCUT2D eigenvalue weighted by molar-refractivity contribution is -0.140. The highest BCUT2D eigenvalue weighted by Gasteiger charge is 2.30. The lowest BCUT2D eigenvalue weighted by Gasteiger charge is -2.30. The van der Waals surface area contributed by atoms with E-state index in [-0.39, 0.29) is 17.3 Å². The summed E-state index contributed by atoms with van der Waals surface area (Å²) < 4.78 is 28.3. The summed E-state index contributed by atoms with van der Waals surface area (Å²) in [4.78, 5) is 27.3. The molecular formula is C25H28BrN3O4S. The number of nitrogens with one attached hydrogen (secondary N) is 1. The molecule has 1 atom stereocenters. The zero-order valence-corrected chi connectivity index (χ0v) is 21.8. The van der Waals surface area contributed by atoms with E-state index < -0.39 is 28.5 Å². The molecule has 3 rings (SSSR count). The fourth-order valence-electron chi connectivity index (χ4n) is 3.57. The van der Waals surface area contributed by atoms with Crippen LogP contribution in [0, 0.1) is 0 Å². The predicted molar refractivity (Wildman–Crippen MR) is 137 cm³/mol. The SMILES string of the molecule is CCNC(=O)[C@@H](C)N(Cc1ccc(Br)cc1)C(=O)CN(C)S(=O)(=O)c1ccc2ccccc2c1. The third kappa shape index (κ3) is 6.02. The van der Waals surface area contributed by atoms with Gasteiger partial charge in [-0.3, -0.25) is 9.59 Å². The first-order valence-electron chi connectivity index (χ1n) is 10.9. The summed E-state index contributed by atoms with van der Waals surface area (Å²) in [6.07, 6.45) is 0. The van der Waals surface area contributed by atoms with E-state index in [0.717, 1.165) is 25.1 Å². The van der Waals surface area contributed by atoms with Crippen LogP contribution in [0.4, 0.5) is 0 Å². The Kier molecular flexibility index (Phi) is 8.46. The third-order valence-electron chi connectivity index (χ3n) is 5.57. The van der Waals surface area contributed by atoms with E-state index in [4.69, 9.17) is 0 Å². The van der Waals surface area contributed by atoms with E-state index in [1.807, 2.05) is 48.5 Å². The number of amides is 2. The summed E-state index contributed by atoms with van der Waals surface area (Å²) in [7, 11) is -2.54. The molecule has 0 aliphatic heterocycles. The molecule has 3 aromatic carbocycles. The maximum absolute atomic E-state index is 13.3. The number of halogens is 1. The van der Waals surface area contributed by atoms with Crippen LogP contribution >= 0.6 is 15.9 Å². The lowest BCUT2D eigenvalue weighted by atomic mass is 10.1. The Labute approximate surface area is 208 Å². The summed E-state index contributed by atoms with van der Waals surface area (Å²) in [5, 5.41) is 4.45. The molecule has 0 fully saturated rings. The first-order chi connectivity index (χ1) is 16.1. The average molecular weight is 546 g/mol. The second-order valence-electron chi connectivity index (χ2n) is 7.99. The van der Waals surface area contributed by atoms with Crippen LogP contribution in [0.5, 0.6) is 0 Å². The maximum atomic E-state index is 13.3. The molecule has 3 aromatic rings. The Bertz CT molecular complexity index is 1280. The van der Waals surface area contributed by atoms with Gasteiger partial charge in [0.15, 0.2) is 0 Å². The molecule has 0 saturated heterocycles. The van der Waals surface area contributed by atoms with Gasteiger partial charge >= 0.3 is 0 Å². The summed E-state index contributed by atoms with van der Waals surface area (Å²) in [6, 6.07) is 19.0. The van der Waals surface area contributed by atoms with Crippen LogP contribution in [0.15, 0.2) is 76.1 Å². The highest BCUT2D eigenvalue weighted by atomic mass is 79.9. The average Bonchev–Trinajstić information content (AvgIpc) is 2.82. The number of rotatable bonds is 9. The number of hydrogen-bond donors (Lipinski definition) is 1. The minimum atomic E-state index is -3.91. The minimum Gasteiger partial charge on any atom is -0.355 e. The van der Waals surface area contributed by atoms with Gasteiger partial charge in [0.25, 0.3) is 0 Å². The number of carbonyl (C=O) groups is 2. The Morgan fingerprint density at radius 2 is 1.65 bits per heavy atom. The van der Waals surface area contributed by atoms with Gasteiger partial charge in [0.1, 0.15) is 6.04 Å². The van der Waals surface area contributed by atoms with Crippen molar-refractivity contribution >= 4 is 48.5 Å². The Balaban J connectivity index is 1.84. The van der Waals surface area contributed by atoms with Crippen LogP contribution in [-0.2, 0) is 26.2 Å². The molecule has 0 spiro atoms. The number of nitrogens with zero attached hydrogens (tertiary/aromatic N) is 2. The normalized spacial score (nSPS) is 12.5. The first-order valence-corrected chi connectivity index (χ1v) is 13.1. The quantitative estimate of drug-likeness (QED) is 0.443. The summed E-state index contributed by atoms with van der Waals surface area (Å²) >= 11 is 3.39. The zero-order chi connectivity index (χ0) is 24.9. The Morgan fingerprint density at radius 3 is 2.29 bits per heavy atom. The molecule has 0 unspecified atom stereocenters. The van der Waals surface area contributed by atoms with Crippen molar-refractivity contribution in [1.29, 1.82) is 0 Å². The summed E-state index contributed by atoms with van der Waals surface area (Å²) in [5.41, 5.74) is 0.827. The van der Waals surface area contributed by atoms with Gasteiger partial charge in [0, 0.05) is 24.6 Å². The molecule has 180 valence electrons. The van der Waals surface area contributed by atoms with Gasteiger partial charge in [0.05, 0.1) is 11.4 Å². The van der Waals surface area contributed by atoms with Crippen molar-refractivity contribution in [2.45, 2.75) is 31.3 Å². The molecule has 9 heteroatoms. The van der Waals surface area contributed by atoms with Crippen molar-refractivity contribution in [3.8, 4) is 0 Å². The highest BCUT2D eigenvalue weighted by Crippen LogP contribution is 2.22. The molecule has 0 heterocycles.